The molecule has 2 nitrogen and oxygen atoms in total. The SMILES string of the molecule is Cc1ccc(N)cc1S(=O)Cc1ccc(C(F)(F)F)cc1. The van der Waals surface area contributed by atoms with E-state index in [9.17, 15) is 17.4 Å². The van der Waals surface area contributed by atoms with Gasteiger partial charge in [0, 0.05) is 10.6 Å². The minimum atomic E-state index is -4.36. The number of aryl methyl sites for hydroxylation is 1. The maximum atomic E-state index is 12.5. The van der Waals surface area contributed by atoms with Crippen LogP contribution in [-0.2, 0) is 22.7 Å². The highest BCUT2D eigenvalue weighted by Crippen LogP contribution is 2.29. The summed E-state index contributed by atoms with van der Waals surface area (Å²) in [5.41, 5.74) is 6.89. The third-order valence-corrected chi connectivity index (χ3v) is 4.56. The fourth-order valence-corrected chi connectivity index (χ4v) is 3.23. The van der Waals surface area contributed by atoms with Crippen LogP contribution < -0.4 is 5.73 Å². The molecule has 0 saturated carbocycles. The van der Waals surface area contributed by atoms with Gasteiger partial charge in [0.1, 0.15) is 0 Å². The zero-order valence-corrected chi connectivity index (χ0v) is 12.1. The molecule has 0 saturated heterocycles. The number of nitrogen functional groups attached to an aromatic ring is 1. The topological polar surface area (TPSA) is 43.1 Å². The summed E-state index contributed by atoms with van der Waals surface area (Å²) in [6.45, 7) is 1.82. The fourth-order valence-electron chi connectivity index (χ4n) is 1.88. The maximum Gasteiger partial charge on any atom is 0.416 e. The second-order valence-electron chi connectivity index (χ2n) is 4.71. The Kier molecular flexibility index (Phi) is 4.37. The van der Waals surface area contributed by atoms with Crippen molar-refractivity contribution < 1.29 is 17.4 Å². The minimum Gasteiger partial charge on any atom is -0.399 e. The van der Waals surface area contributed by atoms with E-state index >= 15 is 0 Å². The van der Waals surface area contributed by atoms with Crippen molar-refractivity contribution in [2.75, 3.05) is 5.73 Å². The highest BCUT2D eigenvalue weighted by Gasteiger charge is 2.29. The Hall–Kier alpha value is -1.82. The molecule has 0 bridgehead atoms. The normalized spacial score (nSPS) is 13.1. The Bertz CT molecular complexity index is 666. The summed E-state index contributed by atoms with van der Waals surface area (Å²) in [6, 6.07) is 9.82. The van der Waals surface area contributed by atoms with Gasteiger partial charge in [-0.3, -0.25) is 4.21 Å². The third-order valence-electron chi connectivity index (χ3n) is 3.04. The second-order valence-corrected chi connectivity index (χ2v) is 6.13. The Morgan fingerprint density at radius 1 is 1.10 bits per heavy atom. The lowest BCUT2D eigenvalue weighted by Gasteiger charge is -2.09. The molecule has 2 N–H and O–H groups in total. The van der Waals surface area contributed by atoms with Gasteiger partial charge in [-0.1, -0.05) is 18.2 Å². The largest absolute Gasteiger partial charge is 0.416 e. The zero-order chi connectivity index (χ0) is 15.6. The molecular weight excluding hydrogens is 299 g/mol. The molecule has 112 valence electrons. The molecule has 0 aliphatic heterocycles. The Morgan fingerprint density at radius 2 is 1.71 bits per heavy atom. The molecule has 2 aromatic rings. The van der Waals surface area contributed by atoms with Crippen LogP contribution in [0.4, 0.5) is 18.9 Å². The average Bonchev–Trinajstić information content (AvgIpc) is 2.41. The Morgan fingerprint density at radius 3 is 2.29 bits per heavy atom. The number of hydrogen-bond acceptors (Lipinski definition) is 2. The monoisotopic (exact) mass is 313 g/mol. The number of hydrogen-bond donors (Lipinski definition) is 1. The number of halogens is 3. The van der Waals surface area contributed by atoms with Crippen LogP contribution in [0.2, 0.25) is 0 Å². The lowest BCUT2D eigenvalue weighted by atomic mass is 10.1. The number of nitrogens with two attached hydrogens (primary N) is 1. The van der Waals surface area contributed by atoms with E-state index in [1.165, 1.54) is 12.1 Å². The van der Waals surface area contributed by atoms with Crippen LogP contribution in [0.1, 0.15) is 16.7 Å². The minimum absolute atomic E-state index is 0.155. The zero-order valence-electron chi connectivity index (χ0n) is 11.3. The van der Waals surface area contributed by atoms with Crippen LogP contribution in [0.15, 0.2) is 47.4 Å². The summed E-state index contributed by atoms with van der Waals surface area (Å²) in [7, 11) is -1.35. The molecule has 0 spiro atoms. The van der Waals surface area contributed by atoms with E-state index in [1.807, 2.05) is 6.92 Å². The summed E-state index contributed by atoms with van der Waals surface area (Å²) in [5, 5.41) is 0. The molecule has 1 unspecified atom stereocenters. The molecule has 1 atom stereocenters. The lowest BCUT2D eigenvalue weighted by Crippen LogP contribution is -2.05. The summed E-state index contributed by atoms with van der Waals surface area (Å²) >= 11 is 0. The van der Waals surface area contributed by atoms with Crippen LogP contribution in [0.5, 0.6) is 0 Å². The number of rotatable bonds is 3. The molecule has 21 heavy (non-hydrogen) atoms. The van der Waals surface area contributed by atoms with Gasteiger partial charge in [-0.2, -0.15) is 13.2 Å². The van der Waals surface area contributed by atoms with E-state index in [4.69, 9.17) is 5.73 Å². The fraction of sp³-hybridized carbons (Fsp3) is 0.200. The van der Waals surface area contributed by atoms with Crippen LogP contribution in [-0.4, -0.2) is 4.21 Å². The van der Waals surface area contributed by atoms with Crippen molar-refractivity contribution in [2.45, 2.75) is 23.7 Å². The summed E-state index contributed by atoms with van der Waals surface area (Å²) in [6.07, 6.45) is -4.36. The lowest BCUT2D eigenvalue weighted by molar-refractivity contribution is -0.137. The summed E-state index contributed by atoms with van der Waals surface area (Å²) in [4.78, 5) is 0.606. The van der Waals surface area contributed by atoms with Gasteiger partial charge in [-0.15, -0.1) is 0 Å². The van der Waals surface area contributed by atoms with Crippen molar-refractivity contribution in [3.05, 3.63) is 59.2 Å². The highest BCUT2D eigenvalue weighted by molar-refractivity contribution is 7.84. The first-order chi connectivity index (χ1) is 9.77. The van der Waals surface area contributed by atoms with E-state index in [-0.39, 0.29) is 5.75 Å². The molecule has 6 heteroatoms. The first kappa shape index (κ1) is 15.6. The van der Waals surface area contributed by atoms with E-state index in [1.54, 1.807) is 18.2 Å². The molecular formula is C15H14F3NOS. The van der Waals surface area contributed by atoms with E-state index in [0.29, 0.717) is 16.1 Å². The molecule has 0 fully saturated rings. The summed E-state index contributed by atoms with van der Waals surface area (Å²) < 4.78 is 49.7. The van der Waals surface area contributed by atoms with Crippen molar-refractivity contribution in [1.29, 1.82) is 0 Å². The predicted molar refractivity (Wildman–Crippen MR) is 77.1 cm³/mol. The van der Waals surface area contributed by atoms with Crippen molar-refractivity contribution in [1.82, 2.24) is 0 Å². The molecule has 0 aliphatic carbocycles. The van der Waals surface area contributed by atoms with Gasteiger partial charge in [0.25, 0.3) is 0 Å². The highest BCUT2D eigenvalue weighted by atomic mass is 32.2. The van der Waals surface area contributed by atoms with Crippen LogP contribution in [0, 0.1) is 6.92 Å². The number of anilines is 1. The average molecular weight is 313 g/mol. The Labute approximate surface area is 123 Å². The number of benzene rings is 2. The molecule has 0 amide bonds. The van der Waals surface area contributed by atoms with Gasteiger partial charge >= 0.3 is 6.18 Å². The Balaban J connectivity index is 2.18. The number of alkyl halides is 3. The molecule has 0 heterocycles. The molecule has 0 aliphatic rings. The molecule has 2 aromatic carbocycles. The van der Waals surface area contributed by atoms with Crippen molar-refractivity contribution in [3.63, 3.8) is 0 Å². The van der Waals surface area contributed by atoms with E-state index < -0.39 is 22.5 Å². The van der Waals surface area contributed by atoms with Crippen LogP contribution in [0.3, 0.4) is 0 Å². The standard InChI is InChI=1S/C15H14F3NOS/c1-10-2-7-13(19)8-14(10)21(20)9-11-3-5-12(6-4-11)15(16,17)18/h2-8H,9,19H2,1H3. The van der Waals surface area contributed by atoms with Gasteiger partial charge < -0.3 is 5.73 Å². The second kappa shape index (κ2) is 5.89. The van der Waals surface area contributed by atoms with Crippen LogP contribution >= 0.6 is 0 Å². The molecule has 2 rings (SSSR count). The van der Waals surface area contributed by atoms with E-state index in [0.717, 1.165) is 17.7 Å². The van der Waals surface area contributed by atoms with Gasteiger partial charge in [0.15, 0.2) is 0 Å². The maximum absolute atomic E-state index is 12.5. The smallest absolute Gasteiger partial charge is 0.399 e. The van der Waals surface area contributed by atoms with Gasteiger partial charge in [-0.25, -0.2) is 0 Å². The summed E-state index contributed by atoms with van der Waals surface area (Å²) in [5.74, 6) is 0.155. The van der Waals surface area contributed by atoms with E-state index in [2.05, 4.69) is 0 Å². The first-order valence-electron chi connectivity index (χ1n) is 6.18. The predicted octanol–water partition coefficient (Wildman–Crippen LogP) is 3.90. The van der Waals surface area contributed by atoms with Crippen LogP contribution in [0.25, 0.3) is 0 Å². The van der Waals surface area contributed by atoms with Crippen molar-refractivity contribution in [3.8, 4) is 0 Å². The van der Waals surface area contributed by atoms with Crippen molar-refractivity contribution in [2.24, 2.45) is 0 Å². The van der Waals surface area contributed by atoms with Gasteiger partial charge in [-0.05, 0) is 42.3 Å². The molecule has 0 aromatic heterocycles. The van der Waals surface area contributed by atoms with Gasteiger partial charge in [0.2, 0.25) is 0 Å². The van der Waals surface area contributed by atoms with Crippen molar-refractivity contribution >= 4 is 16.5 Å². The third kappa shape index (κ3) is 3.85. The molecule has 0 radical (unpaired) electrons. The first-order valence-corrected chi connectivity index (χ1v) is 7.50. The quantitative estimate of drug-likeness (QED) is 0.873. The van der Waals surface area contributed by atoms with Gasteiger partial charge in [0.05, 0.1) is 22.1 Å².